The van der Waals surface area contributed by atoms with Crippen LogP contribution in [0.3, 0.4) is 0 Å². The second-order valence-electron chi connectivity index (χ2n) is 8.59. The second-order valence-corrected chi connectivity index (χ2v) is 11.3. The smallest absolute Gasteiger partial charge is 0.426 e. The highest BCUT2D eigenvalue weighted by Gasteiger charge is 2.45. The van der Waals surface area contributed by atoms with Crippen LogP contribution in [-0.2, 0) is 11.3 Å². The van der Waals surface area contributed by atoms with Gasteiger partial charge in [0.2, 0.25) is 0 Å². The molecule has 6 rings (SSSR count). The average Bonchev–Trinajstić information content (AvgIpc) is 3.53. The minimum Gasteiger partial charge on any atom is -0.444 e. The zero-order valence-electron chi connectivity index (χ0n) is 18.9. The SMILES string of the molecule is CS1=C2C(=CN(c3ccccc3Cl)CC3N2CNN3C(=O)OCc2ccc(Cl)cc2)C2=C1C=NC2. The Morgan fingerprint density at radius 3 is 2.80 bits per heavy atom. The van der Waals surface area contributed by atoms with Crippen LogP contribution in [0, 0.1) is 0 Å². The number of nitrogens with zero attached hydrogens (tertiary/aromatic N) is 4. The van der Waals surface area contributed by atoms with Gasteiger partial charge >= 0.3 is 6.09 Å². The lowest BCUT2D eigenvalue weighted by Gasteiger charge is -2.31. The average molecular weight is 528 g/mol. The number of carbonyl (C=O) groups is 1. The van der Waals surface area contributed by atoms with Crippen LogP contribution in [0.4, 0.5) is 10.5 Å². The Morgan fingerprint density at radius 2 is 2.00 bits per heavy atom. The number of hydrogen-bond donors (Lipinski definition) is 1. The quantitative estimate of drug-likeness (QED) is 0.579. The first-order valence-electron chi connectivity index (χ1n) is 11.2. The summed E-state index contributed by atoms with van der Waals surface area (Å²) in [6, 6.07) is 15.1. The highest BCUT2D eigenvalue weighted by Crippen LogP contribution is 2.45. The van der Waals surface area contributed by atoms with Crippen LogP contribution < -0.4 is 10.3 Å². The van der Waals surface area contributed by atoms with Crippen molar-refractivity contribution in [2.75, 3.05) is 30.9 Å². The third-order valence-electron chi connectivity index (χ3n) is 6.54. The molecule has 0 spiro atoms. The molecule has 0 bridgehead atoms. The molecule has 4 heterocycles. The molecule has 180 valence electrons. The molecule has 0 aromatic heterocycles. The van der Waals surface area contributed by atoms with Gasteiger partial charge in [0.15, 0.2) is 0 Å². The Kier molecular flexibility index (Phi) is 5.94. The van der Waals surface area contributed by atoms with Crippen molar-refractivity contribution in [1.82, 2.24) is 15.3 Å². The summed E-state index contributed by atoms with van der Waals surface area (Å²) in [7, 11) is -0.143. The summed E-state index contributed by atoms with van der Waals surface area (Å²) in [6.45, 7) is 1.88. The maximum atomic E-state index is 13.2. The summed E-state index contributed by atoms with van der Waals surface area (Å²) in [4.78, 5) is 24.7. The van der Waals surface area contributed by atoms with E-state index in [0.717, 1.165) is 11.3 Å². The number of hydrogen-bond acceptors (Lipinski definition) is 6. The lowest BCUT2D eigenvalue weighted by Crippen LogP contribution is -2.50. The van der Waals surface area contributed by atoms with Crippen LogP contribution >= 0.6 is 33.7 Å². The molecule has 0 saturated carbocycles. The third kappa shape index (κ3) is 3.99. The number of allylic oxidation sites excluding steroid dienone is 1. The number of anilines is 1. The van der Waals surface area contributed by atoms with Gasteiger partial charge in [-0.05, 0) is 41.7 Å². The van der Waals surface area contributed by atoms with E-state index in [1.165, 1.54) is 21.0 Å². The second kappa shape index (κ2) is 9.11. The maximum Gasteiger partial charge on any atom is 0.426 e. The Hall–Kier alpha value is -2.62. The van der Waals surface area contributed by atoms with E-state index in [9.17, 15) is 4.79 Å². The number of benzene rings is 2. The highest BCUT2D eigenvalue weighted by molar-refractivity contribution is 8.20. The van der Waals surface area contributed by atoms with E-state index < -0.39 is 6.09 Å². The molecule has 4 aliphatic rings. The van der Waals surface area contributed by atoms with E-state index >= 15 is 0 Å². The molecule has 2 atom stereocenters. The normalized spacial score (nSPS) is 23.3. The van der Waals surface area contributed by atoms with E-state index in [-0.39, 0.29) is 23.3 Å². The fraction of sp³-hybridized carbons (Fsp3) is 0.240. The molecule has 1 saturated heterocycles. The summed E-state index contributed by atoms with van der Waals surface area (Å²) < 4.78 is 5.67. The number of rotatable bonds is 3. The number of halogens is 2. The fourth-order valence-electron chi connectivity index (χ4n) is 4.83. The van der Waals surface area contributed by atoms with Crippen molar-refractivity contribution in [3.05, 3.63) is 86.4 Å². The minimum atomic E-state index is -0.424. The monoisotopic (exact) mass is 527 g/mol. The number of fused-ring (bicyclic) bond motifs is 4. The first kappa shape index (κ1) is 22.8. The molecule has 4 aliphatic heterocycles. The molecule has 0 radical (unpaired) electrons. The minimum absolute atomic E-state index is 0.143. The summed E-state index contributed by atoms with van der Waals surface area (Å²) >= 11 is 12.6. The zero-order chi connectivity index (χ0) is 24.1. The van der Waals surface area contributed by atoms with Gasteiger partial charge in [0.05, 0.1) is 35.5 Å². The van der Waals surface area contributed by atoms with E-state index in [0.29, 0.717) is 29.8 Å². The molecule has 2 aromatic carbocycles. The number of aliphatic imine (C=N–C) groups is 1. The van der Waals surface area contributed by atoms with Crippen molar-refractivity contribution in [3.63, 3.8) is 0 Å². The Balaban J connectivity index is 1.33. The van der Waals surface area contributed by atoms with Crippen molar-refractivity contribution in [3.8, 4) is 0 Å². The number of amides is 1. The molecule has 1 N–H and O–H groups in total. The van der Waals surface area contributed by atoms with Gasteiger partial charge < -0.3 is 9.64 Å². The zero-order valence-corrected chi connectivity index (χ0v) is 21.3. The standard InChI is InChI=1S/C25H23Cl2N5O2S/c1-35-22-11-28-10-18(22)19-12-30(21-5-3-2-4-20(21)27)13-23-31(24(19)35)15-29-32(23)25(33)34-14-16-6-8-17(26)9-7-16/h2-9,11-12,23,29H,10,13-15H2,1H3. The van der Waals surface area contributed by atoms with Gasteiger partial charge in [-0.1, -0.05) is 47.5 Å². The topological polar surface area (TPSA) is 60.4 Å². The largest absolute Gasteiger partial charge is 0.444 e. The third-order valence-corrected chi connectivity index (χ3v) is 9.16. The molecule has 2 unspecified atom stereocenters. The highest BCUT2D eigenvalue weighted by atomic mass is 35.5. The summed E-state index contributed by atoms with van der Waals surface area (Å²) in [6.07, 6.45) is 5.70. The van der Waals surface area contributed by atoms with Crippen molar-refractivity contribution >= 4 is 56.7 Å². The summed E-state index contributed by atoms with van der Waals surface area (Å²) in [5, 5.41) is 2.90. The first-order valence-corrected chi connectivity index (χ1v) is 13.6. The Morgan fingerprint density at radius 1 is 1.20 bits per heavy atom. The van der Waals surface area contributed by atoms with Gasteiger partial charge in [0.25, 0.3) is 0 Å². The molecule has 2 aromatic rings. The number of carbonyl (C=O) groups excluding carboxylic acids is 1. The fourth-order valence-corrected chi connectivity index (χ4v) is 7.23. The summed E-state index contributed by atoms with van der Waals surface area (Å²) in [5.74, 6) is 0. The van der Waals surface area contributed by atoms with E-state index in [1.54, 1.807) is 17.1 Å². The van der Waals surface area contributed by atoms with Crippen molar-refractivity contribution in [1.29, 1.82) is 0 Å². The Bertz CT molecular complexity index is 1340. The number of nitrogens with one attached hydrogen (secondary N) is 1. The maximum absolute atomic E-state index is 13.2. The van der Waals surface area contributed by atoms with Crippen LogP contribution in [0.2, 0.25) is 10.0 Å². The van der Waals surface area contributed by atoms with Crippen molar-refractivity contribution in [2.24, 2.45) is 4.99 Å². The van der Waals surface area contributed by atoms with Crippen molar-refractivity contribution in [2.45, 2.75) is 12.8 Å². The molecule has 35 heavy (non-hydrogen) atoms. The van der Waals surface area contributed by atoms with Crippen LogP contribution in [-0.4, -0.2) is 59.4 Å². The number of para-hydroxylation sites is 1. The predicted octanol–water partition coefficient (Wildman–Crippen LogP) is 4.82. The van der Waals surface area contributed by atoms with Crippen molar-refractivity contribution < 1.29 is 9.53 Å². The van der Waals surface area contributed by atoms with Gasteiger partial charge in [-0.25, -0.2) is 20.1 Å². The van der Waals surface area contributed by atoms with E-state index in [4.69, 9.17) is 27.9 Å². The van der Waals surface area contributed by atoms with Crippen LogP contribution in [0.1, 0.15) is 5.56 Å². The van der Waals surface area contributed by atoms with Gasteiger partial charge in [-0.15, -0.1) is 10.5 Å². The van der Waals surface area contributed by atoms with Crippen LogP contribution in [0.25, 0.3) is 0 Å². The van der Waals surface area contributed by atoms with Gasteiger partial charge in [-0.3, -0.25) is 4.99 Å². The van der Waals surface area contributed by atoms with Crippen LogP contribution in [0.5, 0.6) is 0 Å². The van der Waals surface area contributed by atoms with Gasteiger partial charge in [-0.2, -0.15) is 0 Å². The molecule has 10 heteroatoms. The number of hydrazine groups is 1. The number of ether oxygens (including phenoxy) is 1. The van der Waals surface area contributed by atoms with E-state index in [2.05, 4.69) is 32.7 Å². The predicted molar refractivity (Wildman–Crippen MR) is 143 cm³/mol. The molecular weight excluding hydrogens is 505 g/mol. The molecular formula is C25H23Cl2N5O2S. The van der Waals surface area contributed by atoms with Gasteiger partial charge in [0, 0.05) is 27.9 Å². The summed E-state index contributed by atoms with van der Waals surface area (Å²) in [5.41, 5.74) is 7.47. The van der Waals surface area contributed by atoms with Gasteiger partial charge in [0.1, 0.15) is 12.8 Å². The molecule has 7 nitrogen and oxygen atoms in total. The molecule has 1 amide bonds. The lowest BCUT2D eigenvalue weighted by atomic mass is 10.1. The van der Waals surface area contributed by atoms with Crippen LogP contribution in [0.15, 0.2) is 75.8 Å². The lowest BCUT2D eigenvalue weighted by molar-refractivity contribution is 0.0691. The Labute approximate surface area is 216 Å². The molecule has 0 aliphatic carbocycles. The first-order chi connectivity index (χ1) is 17.0. The molecule has 1 fully saturated rings. The van der Waals surface area contributed by atoms with E-state index in [1.807, 2.05) is 42.6 Å².